The quantitative estimate of drug-likeness (QED) is 0.509. The first-order valence-electron chi connectivity index (χ1n) is 10.4. The van der Waals surface area contributed by atoms with Crippen molar-refractivity contribution in [2.75, 3.05) is 33.4 Å². The second-order valence-corrected chi connectivity index (χ2v) is 8.44. The molecule has 0 bridgehead atoms. The summed E-state index contributed by atoms with van der Waals surface area (Å²) in [5.74, 6) is 1.72. The molecule has 0 unspecified atom stereocenters. The standard InChI is InChI=1S/C22H32N4O2S/c1-4-19-14-24-20(29-19)15-25-21(23-5-2)26-16-22(10-12-28-13-11-22)17-6-8-18(27-3)9-7-17/h6-9,14H,4-5,10-13,15-16H2,1-3H3,(H2,23,25,26). The Morgan fingerprint density at radius 1 is 1.21 bits per heavy atom. The van der Waals surface area contributed by atoms with Gasteiger partial charge in [0.2, 0.25) is 0 Å². The summed E-state index contributed by atoms with van der Waals surface area (Å²) in [5, 5.41) is 7.99. The molecule has 6 nitrogen and oxygen atoms in total. The van der Waals surface area contributed by atoms with E-state index in [1.54, 1.807) is 18.4 Å². The van der Waals surface area contributed by atoms with Crippen LogP contribution in [0.2, 0.25) is 0 Å². The summed E-state index contributed by atoms with van der Waals surface area (Å²) >= 11 is 1.74. The van der Waals surface area contributed by atoms with E-state index in [9.17, 15) is 0 Å². The van der Waals surface area contributed by atoms with Gasteiger partial charge >= 0.3 is 0 Å². The smallest absolute Gasteiger partial charge is 0.191 e. The normalized spacial score (nSPS) is 16.4. The van der Waals surface area contributed by atoms with E-state index < -0.39 is 0 Å². The fraction of sp³-hybridized carbons (Fsp3) is 0.545. The molecule has 2 N–H and O–H groups in total. The number of hydrogen-bond donors (Lipinski definition) is 2. The summed E-state index contributed by atoms with van der Waals surface area (Å²) in [6.45, 7) is 8.02. The van der Waals surface area contributed by atoms with Crippen LogP contribution in [0.4, 0.5) is 0 Å². The molecule has 1 aliphatic rings. The molecule has 0 aliphatic carbocycles. The predicted molar refractivity (Wildman–Crippen MR) is 119 cm³/mol. The van der Waals surface area contributed by atoms with E-state index in [1.807, 2.05) is 18.3 Å². The van der Waals surface area contributed by atoms with E-state index in [2.05, 4.69) is 41.6 Å². The van der Waals surface area contributed by atoms with Crippen molar-refractivity contribution in [1.82, 2.24) is 15.6 Å². The van der Waals surface area contributed by atoms with Crippen molar-refractivity contribution in [2.24, 2.45) is 4.99 Å². The molecule has 1 aromatic carbocycles. The Hall–Kier alpha value is -2.12. The van der Waals surface area contributed by atoms with Crippen molar-refractivity contribution in [3.63, 3.8) is 0 Å². The first-order valence-corrected chi connectivity index (χ1v) is 11.2. The molecule has 0 atom stereocenters. The van der Waals surface area contributed by atoms with E-state index >= 15 is 0 Å². The van der Waals surface area contributed by atoms with Gasteiger partial charge in [0.05, 0.1) is 13.7 Å². The number of nitrogens with one attached hydrogen (secondary N) is 2. The van der Waals surface area contributed by atoms with Crippen LogP contribution in [0.3, 0.4) is 0 Å². The molecule has 29 heavy (non-hydrogen) atoms. The van der Waals surface area contributed by atoms with Gasteiger partial charge in [-0.25, -0.2) is 9.98 Å². The lowest BCUT2D eigenvalue weighted by Gasteiger charge is -2.38. The third-order valence-electron chi connectivity index (χ3n) is 5.41. The third-order valence-corrected chi connectivity index (χ3v) is 6.54. The Bertz CT molecular complexity index is 782. The number of aryl methyl sites for hydroxylation is 1. The Labute approximate surface area is 177 Å². The van der Waals surface area contributed by atoms with Crippen LogP contribution in [0, 0.1) is 0 Å². The molecule has 7 heteroatoms. The van der Waals surface area contributed by atoms with Crippen LogP contribution in [-0.4, -0.2) is 44.4 Å². The van der Waals surface area contributed by atoms with Crippen LogP contribution in [-0.2, 0) is 23.1 Å². The van der Waals surface area contributed by atoms with Crippen LogP contribution in [0.1, 0.15) is 42.1 Å². The maximum Gasteiger partial charge on any atom is 0.191 e. The summed E-state index contributed by atoms with van der Waals surface area (Å²) in [4.78, 5) is 10.5. The molecule has 2 heterocycles. The van der Waals surface area contributed by atoms with Gasteiger partial charge in [-0.2, -0.15) is 0 Å². The summed E-state index contributed by atoms with van der Waals surface area (Å²) in [7, 11) is 1.70. The molecule has 0 saturated carbocycles. The van der Waals surface area contributed by atoms with Crippen molar-refractivity contribution in [2.45, 2.75) is 45.1 Å². The lowest BCUT2D eigenvalue weighted by atomic mass is 9.74. The van der Waals surface area contributed by atoms with Crippen molar-refractivity contribution in [3.05, 3.63) is 45.9 Å². The van der Waals surface area contributed by atoms with Gasteiger partial charge in [-0.05, 0) is 43.9 Å². The summed E-state index contributed by atoms with van der Waals surface area (Å²) < 4.78 is 11.0. The number of hydrogen-bond acceptors (Lipinski definition) is 5. The average Bonchev–Trinajstić information content (AvgIpc) is 3.24. The van der Waals surface area contributed by atoms with E-state index in [0.717, 1.165) is 62.3 Å². The van der Waals surface area contributed by atoms with Crippen LogP contribution in [0.5, 0.6) is 5.75 Å². The number of aromatic nitrogens is 1. The van der Waals surface area contributed by atoms with Crippen molar-refractivity contribution >= 4 is 17.3 Å². The average molecular weight is 417 g/mol. The summed E-state index contributed by atoms with van der Waals surface area (Å²) in [6.07, 6.45) is 4.94. The fourth-order valence-corrected chi connectivity index (χ4v) is 4.39. The number of guanidine groups is 1. The number of aliphatic imine (C=N–C) groups is 1. The van der Waals surface area contributed by atoms with Gasteiger partial charge in [0.25, 0.3) is 0 Å². The maximum atomic E-state index is 5.66. The Morgan fingerprint density at radius 3 is 2.59 bits per heavy atom. The van der Waals surface area contributed by atoms with Crippen molar-refractivity contribution in [3.8, 4) is 5.75 Å². The molecule has 1 fully saturated rings. The highest BCUT2D eigenvalue weighted by Gasteiger charge is 2.34. The van der Waals surface area contributed by atoms with Gasteiger partial charge < -0.3 is 20.1 Å². The van der Waals surface area contributed by atoms with E-state index in [0.29, 0.717) is 6.54 Å². The maximum absolute atomic E-state index is 5.66. The zero-order chi connectivity index (χ0) is 20.5. The largest absolute Gasteiger partial charge is 0.497 e. The summed E-state index contributed by atoms with van der Waals surface area (Å²) in [6, 6.07) is 8.44. The highest BCUT2D eigenvalue weighted by atomic mass is 32.1. The molecule has 1 saturated heterocycles. The molecule has 3 rings (SSSR count). The van der Waals surface area contributed by atoms with Crippen LogP contribution < -0.4 is 15.4 Å². The van der Waals surface area contributed by atoms with Gasteiger partial charge in [0.1, 0.15) is 10.8 Å². The Morgan fingerprint density at radius 2 is 1.97 bits per heavy atom. The number of benzene rings is 1. The molecule has 1 aromatic heterocycles. The Balaban J connectivity index is 1.72. The molecular weight excluding hydrogens is 384 g/mol. The number of nitrogens with zero attached hydrogens (tertiary/aromatic N) is 2. The lowest BCUT2D eigenvalue weighted by molar-refractivity contribution is 0.0513. The molecule has 2 aromatic rings. The van der Waals surface area contributed by atoms with Gasteiger partial charge in [0.15, 0.2) is 5.96 Å². The van der Waals surface area contributed by atoms with Crippen LogP contribution in [0.15, 0.2) is 35.5 Å². The van der Waals surface area contributed by atoms with Crippen molar-refractivity contribution in [1.29, 1.82) is 0 Å². The second-order valence-electron chi connectivity index (χ2n) is 7.24. The van der Waals surface area contributed by atoms with Crippen LogP contribution in [0.25, 0.3) is 0 Å². The molecule has 0 amide bonds. The minimum atomic E-state index is 0.0251. The molecule has 1 aliphatic heterocycles. The molecule has 0 radical (unpaired) electrons. The molecule has 0 spiro atoms. The number of thiazole rings is 1. The highest BCUT2D eigenvalue weighted by molar-refractivity contribution is 7.11. The third kappa shape index (κ3) is 5.70. The molecule has 158 valence electrons. The minimum Gasteiger partial charge on any atom is -0.497 e. The number of rotatable bonds is 8. The second kappa shape index (κ2) is 10.6. The molecular formula is C22H32N4O2S. The van der Waals surface area contributed by atoms with E-state index in [4.69, 9.17) is 14.5 Å². The minimum absolute atomic E-state index is 0.0251. The van der Waals surface area contributed by atoms with E-state index in [-0.39, 0.29) is 5.41 Å². The number of methoxy groups -OCH3 is 1. The predicted octanol–water partition coefficient (Wildman–Crippen LogP) is 3.52. The first-order chi connectivity index (χ1) is 14.2. The van der Waals surface area contributed by atoms with Gasteiger partial charge in [0, 0.05) is 42.8 Å². The first kappa shape index (κ1) is 21.6. The van der Waals surface area contributed by atoms with Gasteiger partial charge in [-0.15, -0.1) is 11.3 Å². The SMILES string of the molecule is CCNC(=NCc1ncc(CC)s1)NCC1(c2ccc(OC)cc2)CCOCC1. The zero-order valence-corrected chi connectivity index (χ0v) is 18.5. The van der Waals surface area contributed by atoms with Gasteiger partial charge in [-0.1, -0.05) is 19.1 Å². The summed E-state index contributed by atoms with van der Waals surface area (Å²) in [5.41, 5.74) is 1.34. The van der Waals surface area contributed by atoms with Crippen molar-refractivity contribution < 1.29 is 9.47 Å². The lowest BCUT2D eigenvalue weighted by Crippen LogP contribution is -2.48. The Kier molecular flexibility index (Phi) is 7.89. The van der Waals surface area contributed by atoms with Gasteiger partial charge in [-0.3, -0.25) is 0 Å². The topological polar surface area (TPSA) is 67.8 Å². The monoisotopic (exact) mass is 416 g/mol. The van der Waals surface area contributed by atoms with E-state index in [1.165, 1.54) is 10.4 Å². The highest BCUT2D eigenvalue weighted by Crippen LogP contribution is 2.35. The zero-order valence-electron chi connectivity index (χ0n) is 17.7. The number of ether oxygens (including phenoxy) is 2. The fourth-order valence-electron chi connectivity index (χ4n) is 3.60. The van der Waals surface area contributed by atoms with Crippen LogP contribution >= 0.6 is 11.3 Å².